The molecule has 2 aliphatic heterocycles. The fourth-order valence-electron chi connectivity index (χ4n) is 5.58. The number of hydrogen-bond donors (Lipinski definition) is 5. The maximum Gasteiger partial charge on any atom is 0.277 e. The van der Waals surface area contributed by atoms with E-state index < -0.39 is 11.3 Å². The van der Waals surface area contributed by atoms with E-state index >= 15 is 0 Å². The summed E-state index contributed by atoms with van der Waals surface area (Å²) in [5.41, 5.74) is 0.939. The largest absolute Gasteiger partial charge is 0.394 e. The van der Waals surface area contributed by atoms with Crippen molar-refractivity contribution < 1.29 is 24.3 Å². The van der Waals surface area contributed by atoms with Crippen LogP contribution in [0.5, 0.6) is 0 Å². The van der Waals surface area contributed by atoms with E-state index in [4.69, 9.17) is 0 Å². The van der Waals surface area contributed by atoms with Crippen LogP contribution in [0, 0.1) is 11.8 Å². The van der Waals surface area contributed by atoms with E-state index in [-0.39, 0.29) is 47.6 Å². The van der Waals surface area contributed by atoms with Crippen LogP contribution in [-0.4, -0.2) is 75.1 Å². The lowest BCUT2D eigenvalue weighted by molar-refractivity contribution is -0.130. The molecule has 2 fully saturated rings. The molecule has 0 saturated carbocycles. The van der Waals surface area contributed by atoms with Crippen LogP contribution in [0.15, 0.2) is 30.3 Å². The van der Waals surface area contributed by atoms with E-state index in [1.807, 2.05) is 38.1 Å². The Labute approximate surface area is 233 Å². The van der Waals surface area contributed by atoms with Crippen molar-refractivity contribution in [3.05, 3.63) is 36.0 Å². The van der Waals surface area contributed by atoms with Gasteiger partial charge in [0.25, 0.3) is 5.91 Å². The number of carbonyl (C=O) groups is 4. The maximum absolute atomic E-state index is 13.2. The number of benzene rings is 1. The lowest BCUT2D eigenvalue weighted by Crippen LogP contribution is -2.51. The molecular formula is C28H39N5O5S. The summed E-state index contributed by atoms with van der Waals surface area (Å²) in [6.07, 6.45) is 2.88. The fraction of sp³-hybridized carbons (Fsp3) is 0.571. The Kier molecular flexibility index (Phi) is 9.22. The number of H-pyrrole nitrogens is 1. The van der Waals surface area contributed by atoms with E-state index in [9.17, 15) is 24.3 Å². The average molecular weight is 558 g/mol. The number of aromatic nitrogens is 1. The SMILES string of the molecule is CC(=O)N1CCC2(CC1)CC(CC(CO)NC(=O)[C@H](CC(C)C)SNC(=O)c1cc3ccccc3[nH]1)C(=O)N2. The number of fused-ring (bicyclic) bond motifs is 1. The van der Waals surface area contributed by atoms with Crippen LogP contribution >= 0.6 is 11.9 Å². The van der Waals surface area contributed by atoms with Crippen molar-refractivity contribution in [2.75, 3.05) is 19.7 Å². The van der Waals surface area contributed by atoms with Gasteiger partial charge in [0, 0.05) is 42.4 Å². The van der Waals surface area contributed by atoms with Gasteiger partial charge in [0.05, 0.1) is 12.6 Å². The smallest absolute Gasteiger partial charge is 0.277 e. The van der Waals surface area contributed by atoms with Crippen LogP contribution in [0.25, 0.3) is 10.9 Å². The van der Waals surface area contributed by atoms with Crippen molar-refractivity contribution in [1.82, 2.24) is 25.2 Å². The number of para-hydroxylation sites is 1. The minimum absolute atomic E-state index is 0.0418. The second-order valence-electron chi connectivity index (χ2n) is 11.2. The molecule has 4 rings (SSSR count). The molecule has 2 aliphatic rings. The summed E-state index contributed by atoms with van der Waals surface area (Å²) in [4.78, 5) is 55.4. The summed E-state index contributed by atoms with van der Waals surface area (Å²) in [7, 11) is 0. The van der Waals surface area contributed by atoms with E-state index in [0.29, 0.717) is 50.9 Å². The highest BCUT2D eigenvalue weighted by molar-refractivity contribution is 7.99. The van der Waals surface area contributed by atoms with Crippen molar-refractivity contribution in [2.24, 2.45) is 11.8 Å². The second-order valence-corrected chi connectivity index (χ2v) is 12.2. The standard InChI is InChI=1S/C28H39N5O5S/c1-17(2)12-24(39-32-26(37)23-14-19-6-4-5-7-22(19)30-23)27(38)29-21(16-34)13-20-15-28(31-25(20)36)8-10-33(11-9-28)18(3)35/h4-7,14,17,20-21,24,30,34H,8-13,15-16H2,1-3H3,(H,29,38)(H,31,36)(H,32,37)/t20?,21?,24-/m0/s1. The van der Waals surface area contributed by atoms with Gasteiger partial charge in [-0.2, -0.15) is 0 Å². The van der Waals surface area contributed by atoms with Gasteiger partial charge >= 0.3 is 0 Å². The molecular weight excluding hydrogens is 518 g/mol. The van der Waals surface area contributed by atoms with Gasteiger partial charge in [0.2, 0.25) is 17.7 Å². The number of piperidine rings is 1. The number of aromatic amines is 1. The van der Waals surface area contributed by atoms with E-state index in [1.165, 1.54) is 0 Å². The topological polar surface area (TPSA) is 144 Å². The summed E-state index contributed by atoms with van der Waals surface area (Å²) in [5.74, 6) is -0.762. The average Bonchev–Trinajstić information content (AvgIpc) is 3.46. The Hall–Kier alpha value is -3.05. The number of carbonyl (C=O) groups excluding carboxylic acids is 4. The highest BCUT2D eigenvalue weighted by Crippen LogP contribution is 2.36. The number of aliphatic hydroxyl groups is 1. The summed E-state index contributed by atoms with van der Waals surface area (Å²) < 4.78 is 2.80. The van der Waals surface area contributed by atoms with E-state index in [0.717, 1.165) is 22.9 Å². The third-order valence-electron chi connectivity index (χ3n) is 7.74. The highest BCUT2D eigenvalue weighted by Gasteiger charge is 2.46. The number of rotatable bonds is 10. The van der Waals surface area contributed by atoms with Crippen molar-refractivity contribution in [2.45, 2.75) is 69.7 Å². The summed E-state index contributed by atoms with van der Waals surface area (Å²) in [6, 6.07) is 8.79. The molecule has 1 aromatic heterocycles. The number of nitrogens with one attached hydrogen (secondary N) is 4. The minimum Gasteiger partial charge on any atom is -0.394 e. The second kappa shape index (κ2) is 12.4. The summed E-state index contributed by atoms with van der Waals surface area (Å²) in [6.45, 7) is 6.50. The lowest BCUT2D eigenvalue weighted by Gasteiger charge is -2.39. The molecule has 1 spiro atoms. The molecule has 4 amide bonds. The first-order valence-corrected chi connectivity index (χ1v) is 14.5. The molecule has 0 bridgehead atoms. The Morgan fingerprint density at radius 1 is 1.21 bits per heavy atom. The van der Waals surface area contributed by atoms with Gasteiger partial charge in [-0.15, -0.1) is 0 Å². The number of hydrogen-bond acceptors (Lipinski definition) is 6. The molecule has 10 nitrogen and oxygen atoms in total. The van der Waals surface area contributed by atoms with Gasteiger partial charge in [-0.05, 0) is 62.1 Å². The number of aliphatic hydroxyl groups excluding tert-OH is 1. The molecule has 2 unspecified atom stereocenters. The predicted octanol–water partition coefficient (Wildman–Crippen LogP) is 2.34. The van der Waals surface area contributed by atoms with Crippen LogP contribution in [-0.2, 0) is 14.4 Å². The zero-order valence-corrected chi connectivity index (χ0v) is 23.6. The van der Waals surface area contributed by atoms with Crippen LogP contribution in [0.4, 0.5) is 0 Å². The molecule has 11 heteroatoms. The summed E-state index contributed by atoms with van der Waals surface area (Å²) in [5, 5.41) is 16.5. The van der Waals surface area contributed by atoms with Crippen LogP contribution < -0.4 is 15.4 Å². The van der Waals surface area contributed by atoms with Gasteiger partial charge in [-0.25, -0.2) is 0 Å². The first-order valence-electron chi connectivity index (χ1n) is 13.6. The molecule has 39 heavy (non-hydrogen) atoms. The van der Waals surface area contributed by atoms with Gasteiger partial charge in [-0.3, -0.25) is 23.9 Å². The molecule has 212 valence electrons. The van der Waals surface area contributed by atoms with Gasteiger partial charge in [0.15, 0.2) is 0 Å². The maximum atomic E-state index is 13.2. The van der Waals surface area contributed by atoms with Gasteiger partial charge in [-0.1, -0.05) is 32.0 Å². The first-order chi connectivity index (χ1) is 18.6. The first kappa shape index (κ1) is 28.9. The van der Waals surface area contributed by atoms with E-state index in [1.54, 1.807) is 17.9 Å². The van der Waals surface area contributed by atoms with Crippen molar-refractivity contribution in [1.29, 1.82) is 0 Å². The third-order valence-corrected chi connectivity index (χ3v) is 8.74. The number of amides is 4. The molecule has 2 saturated heterocycles. The van der Waals surface area contributed by atoms with Crippen molar-refractivity contribution in [3.63, 3.8) is 0 Å². The summed E-state index contributed by atoms with van der Waals surface area (Å²) >= 11 is 1.06. The molecule has 1 aromatic carbocycles. The van der Waals surface area contributed by atoms with Gasteiger partial charge < -0.3 is 25.6 Å². The number of nitrogens with zero attached hydrogens (tertiary/aromatic N) is 1. The molecule has 0 radical (unpaired) electrons. The highest BCUT2D eigenvalue weighted by atomic mass is 32.2. The Morgan fingerprint density at radius 2 is 1.92 bits per heavy atom. The predicted molar refractivity (Wildman–Crippen MR) is 151 cm³/mol. The normalized spacial score (nSPS) is 20.2. The van der Waals surface area contributed by atoms with E-state index in [2.05, 4.69) is 20.3 Å². The molecule has 2 aromatic rings. The zero-order valence-electron chi connectivity index (χ0n) is 22.8. The Balaban J connectivity index is 1.33. The molecule has 3 heterocycles. The number of likely N-dealkylation sites (tertiary alicyclic amines) is 1. The monoisotopic (exact) mass is 557 g/mol. The lowest BCUT2D eigenvalue weighted by atomic mass is 9.82. The van der Waals surface area contributed by atoms with Crippen LogP contribution in [0.3, 0.4) is 0 Å². The Morgan fingerprint density at radius 3 is 2.56 bits per heavy atom. The Bertz CT molecular complexity index is 1170. The van der Waals surface area contributed by atoms with Crippen LogP contribution in [0.2, 0.25) is 0 Å². The van der Waals surface area contributed by atoms with Crippen molar-refractivity contribution in [3.8, 4) is 0 Å². The molecule has 3 atom stereocenters. The van der Waals surface area contributed by atoms with Crippen LogP contribution in [0.1, 0.15) is 63.4 Å². The van der Waals surface area contributed by atoms with Crippen molar-refractivity contribution >= 4 is 46.5 Å². The quantitative estimate of drug-likeness (QED) is 0.284. The third kappa shape index (κ3) is 7.13. The zero-order chi connectivity index (χ0) is 28.2. The van der Waals surface area contributed by atoms with Gasteiger partial charge in [0.1, 0.15) is 10.9 Å². The fourth-order valence-corrected chi connectivity index (χ4v) is 6.59. The molecule has 5 N–H and O–H groups in total. The minimum atomic E-state index is -0.583. The molecule has 0 aliphatic carbocycles.